The van der Waals surface area contributed by atoms with Gasteiger partial charge in [-0.05, 0) is 18.2 Å². The first-order valence-corrected chi connectivity index (χ1v) is 8.44. The number of benzene rings is 2. The van der Waals surface area contributed by atoms with Gasteiger partial charge in [-0.25, -0.2) is 3.97 Å². The van der Waals surface area contributed by atoms with Crippen molar-refractivity contribution >= 4 is 42.7 Å². The number of para-hydroxylation sites is 1. The highest BCUT2D eigenvalue weighted by Gasteiger charge is 2.21. The van der Waals surface area contributed by atoms with Gasteiger partial charge in [0.2, 0.25) is 0 Å². The molecule has 0 aliphatic rings. The maximum absolute atomic E-state index is 13.6. The van der Waals surface area contributed by atoms with Crippen molar-refractivity contribution in [1.29, 1.82) is 0 Å². The van der Waals surface area contributed by atoms with Crippen LogP contribution < -0.4 is 4.18 Å². The zero-order valence-corrected chi connectivity index (χ0v) is 12.2. The summed E-state index contributed by atoms with van der Waals surface area (Å²) in [5.41, 5.74) is -0.0925. The molecular formula is C12H7F2NO5S2. The first-order chi connectivity index (χ1) is 10.2. The van der Waals surface area contributed by atoms with Crippen LogP contribution in [-0.4, -0.2) is 20.8 Å². The molecule has 2 aromatic carbocycles. The minimum Gasteiger partial charge on any atom is -0.358 e. The van der Waals surface area contributed by atoms with E-state index in [1.165, 1.54) is 18.2 Å². The van der Waals surface area contributed by atoms with E-state index in [2.05, 4.69) is 4.18 Å². The van der Waals surface area contributed by atoms with E-state index < -0.39 is 26.7 Å². The number of halogens is 2. The van der Waals surface area contributed by atoms with Gasteiger partial charge < -0.3 is 4.18 Å². The summed E-state index contributed by atoms with van der Waals surface area (Å²) in [5.74, 6) is -0.470. The predicted octanol–water partition coefficient (Wildman–Crippen LogP) is 2.45. The smallest absolute Gasteiger partial charge is 0.358 e. The molecule has 0 amide bonds. The van der Waals surface area contributed by atoms with Crippen LogP contribution in [0.3, 0.4) is 0 Å². The van der Waals surface area contributed by atoms with Gasteiger partial charge >= 0.3 is 20.9 Å². The molecule has 0 atom stereocenters. The molecule has 3 rings (SSSR count). The van der Waals surface area contributed by atoms with Crippen molar-refractivity contribution in [3.05, 3.63) is 42.5 Å². The molecule has 3 aromatic rings. The summed E-state index contributed by atoms with van der Waals surface area (Å²) in [6.07, 6.45) is 0. The molecule has 0 aliphatic heterocycles. The fourth-order valence-corrected chi connectivity index (χ4v) is 3.43. The third-order valence-corrected chi connectivity index (χ3v) is 4.24. The van der Waals surface area contributed by atoms with Gasteiger partial charge in [0.1, 0.15) is 5.75 Å². The summed E-state index contributed by atoms with van der Waals surface area (Å²) in [6, 6.07) is 9.51. The van der Waals surface area contributed by atoms with Crippen LogP contribution in [0.2, 0.25) is 0 Å². The van der Waals surface area contributed by atoms with Crippen LogP contribution in [0.5, 0.6) is 5.75 Å². The average molecular weight is 347 g/mol. The third kappa shape index (κ3) is 2.50. The Labute approximate surface area is 124 Å². The normalized spacial score (nSPS) is 12.8. The Kier molecular flexibility index (Phi) is 3.11. The van der Waals surface area contributed by atoms with Crippen LogP contribution in [0.1, 0.15) is 0 Å². The van der Waals surface area contributed by atoms with E-state index in [-0.39, 0.29) is 11.0 Å². The number of aromatic nitrogens is 1. The minimum atomic E-state index is -5.28. The Bertz CT molecular complexity index is 1100. The quantitative estimate of drug-likeness (QED) is 0.680. The van der Waals surface area contributed by atoms with Gasteiger partial charge in [0.25, 0.3) is 0 Å². The molecule has 116 valence electrons. The molecule has 0 saturated carbocycles. The van der Waals surface area contributed by atoms with Crippen LogP contribution in [0.4, 0.5) is 7.77 Å². The molecule has 0 spiro atoms. The number of rotatable bonds is 3. The van der Waals surface area contributed by atoms with Crippen LogP contribution in [-0.2, 0) is 20.9 Å². The predicted molar refractivity (Wildman–Crippen MR) is 75.5 cm³/mol. The monoisotopic (exact) mass is 347 g/mol. The maximum Gasteiger partial charge on any atom is 0.488 e. The molecule has 6 nitrogen and oxygen atoms in total. The Morgan fingerprint density at radius 3 is 2.14 bits per heavy atom. The van der Waals surface area contributed by atoms with Crippen LogP contribution in [0.25, 0.3) is 21.8 Å². The molecule has 10 heteroatoms. The van der Waals surface area contributed by atoms with E-state index in [9.17, 15) is 24.6 Å². The SMILES string of the molecule is O=S(=O)(F)Oc1ccc2c3ccccc3n(S(=O)(=O)F)c2c1. The summed E-state index contributed by atoms with van der Waals surface area (Å²) in [4.78, 5) is 0. The van der Waals surface area contributed by atoms with Crippen LogP contribution >= 0.6 is 0 Å². The molecule has 0 bridgehead atoms. The zero-order chi connectivity index (χ0) is 16.1. The number of fused-ring (bicyclic) bond motifs is 3. The van der Waals surface area contributed by atoms with E-state index in [1.54, 1.807) is 12.1 Å². The summed E-state index contributed by atoms with van der Waals surface area (Å²) < 4.78 is 74.4. The van der Waals surface area contributed by atoms with E-state index >= 15 is 0 Å². The van der Waals surface area contributed by atoms with Gasteiger partial charge in [-0.15, -0.1) is 0 Å². The van der Waals surface area contributed by atoms with E-state index in [4.69, 9.17) is 0 Å². The molecule has 0 N–H and O–H groups in total. The van der Waals surface area contributed by atoms with Crippen molar-refractivity contribution in [3.63, 3.8) is 0 Å². The second kappa shape index (κ2) is 4.65. The van der Waals surface area contributed by atoms with Gasteiger partial charge in [0.15, 0.2) is 0 Å². The second-order valence-corrected chi connectivity index (χ2v) is 6.52. The van der Waals surface area contributed by atoms with E-state index in [0.717, 1.165) is 12.1 Å². The van der Waals surface area contributed by atoms with Gasteiger partial charge in [-0.2, -0.15) is 16.8 Å². The Hall–Kier alpha value is -2.20. The largest absolute Gasteiger partial charge is 0.488 e. The number of hydrogen-bond acceptors (Lipinski definition) is 5. The van der Waals surface area contributed by atoms with Gasteiger partial charge in [0, 0.05) is 16.8 Å². The molecule has 1 heterocycles. The lowest BCUT2D eigenvalue weighted by Crippen LogP contribution is -2.06. The first-order valence-electron chi connectivity index (χ1n) is 5.79. The zero-order valence-electron chi connectivity index (χ0n) is 10.6. The van der Waals surface area contributed by atoms with Crippen molar-refractivity contribution < 1.29 is 28.8 Å². The fraction of sp³-hybridized carbons (Fsp3) is 0. The minimum absolute atomic E-state index is 0.0697. The van der Waals surface area contributed by atoms with E-state index in [0.29, 0.717) is 14.7 Å². The molecular weight excluding hydrogens is 340 g/mol. The fourth-order valence-electron chi connectivity index (χ4n) is 2.32. The highest BCUT2D eigenvalue weighted by Crippen LogP contribution is 2.33. The topological polar surface area (TPSA) is 82.4 Å². The van der Waals surface area contributed by atoms with Crippen LogP contribution in [0, 0.1) is 0 Å². The van der Waals surface area contributed by atoms with E-state index in [1.807, 2.05) is 0 Å². The van der Waals surface area contributed by atoms with Crippen molar-refractivity contribution in [1.82, 2.24) is 3.97 Å². The second-order valence-electron chi connectivity index (χ2n) is 4.38. The Balaban J connectivity index is 2.43. The van der Waals surface area contributed by atoms with Gasteiger partial charge in [0.05, 0.1) is 11.0 Å². The Morgan fingerprint density at radius 2 is 1.50 bits per heavy atom. The molecule has 0 saturated heterocycles. The first kappa shape index (κ1) is 14.7. The van der Waals surface area contributed by atoms with Crippen molar-refractivity contribution in [2.45, 2.75) is 0 Å². The Morgan fingerprint density at radius 1 is 0.864 bits per heavy atom. The molecule has 0 aliphatic carbocycles. The van der Waals surface area contributed by atoms with Crippen molar-refractivity contribution in [3.8, 4) is 5.75 Å². The molecule has 0 fully saturated rings. The summed E-state index contributed by atoms with van der Waals surface area (Å²) in [5, 5.41) is 0.786. The lowest BCUT2D eigenvalue weighted by molar-refractivity contribution is 0.440. The lowest BCUT2D eigenvalue weighted by Gasteiger charge is -2.03. The highest BCUT2D eigenvalue weighted by molar-refractivity contribution is 7.85. The summed E-state index contributed by atoms with van der Waals surface area (Å²) in [6.45, 7) is 0. The van der Waals surface area contributed by atoms with Crippen molar-refractivity contribution in [2.24, 2.45) is 0 Å². The molecule has 22 heavy (non-hydrogen) atoms. The standard InChI is InChI=1S/C12H7F2NO5S2/c13-21(16,17)15-11-4-2-1-3-9(11)10-6-5-8(7-12(10)15)20-22(14,18)19/h1-7H. The number of hydrogen-bond donors (Lipinski definition) is 0. The molecule has 0 unspecified atom stereocenters. The number of nitrogens with zero attached hydrogens (tertiary/aromatic N) is 1. The highest BCUT2D eigenvalue weighted by atomic mass is 32.3. The average Bonchev–Trinajstić information content (AvgIpc) is 2.69. The van der Waals surface area contributed by atoms with Gasteiger partial charge in [-0.3, -0.25) is 0 Å². The van der Waals surface area contributed by atoms with Gasteiger partial charge in [-0.1, -0.05) is 26.0 Å². The summed E-state index contributed by atoms with van der Waals surface area (Å²) in [7, 11) is -10.4. The molecule has 0 radical (unpaired) electrons. The maximum atomic E-state index is 13.6. The summed E-state index contributed by atoms with van der Waals surface area (Å²) >= 11 is 0. The van der Waals surface area contributed by atoms with Crippen molar-refractivity contribution in [2.75, 3.05) is 0 Å². The van der Waals surface area contributed by atoms with Crippen LogP contribution in [0.15, 0.2) is 42.5 Å². The molecule has 1 aromatic heterocycles. The third-order valence-electron chi connectivity index (χ3n) is 3.01. The lowest BCUT2D eigenvalue weighted by atomic mass is 10.1.